The number of hydrogen-bond donors (Lipinski definition) is 4. The van der Waals surface area contributed by atoms with Gasteiger partial charge in [-0.1, -0.05) is 19.9 Å². The summed E-state index contributed by atoms with van der Waals surface area (Å²) in [6.07, 6.45) is 1.04. The molecule has 0 atom stereocenters. The first kappa shape index (κ1) is 30.8. The van der Waals surface area contributed by atoms with E-state index >= 15 is 0 Å². The number of alkyl carbamates (subject to hydrolysis) is 1. The van der Waals surface area contributed by atoms with Gasteiger partial charge >= 0.3 is 6.09 Å². The van der Waals surface area contributed by atoms with E-state index in [9.17, 15) is 9.59 Å². The first-order valence-electron chi connectivity index (χ1n) is 11.0. The third kappa shape index (κ3) is 12.5. The SMILES string of the molecule is CCC(CC)(CNC(=NC)NCCOc1cccc(NC(C)=O)c1)NC(=O)OC(C)(C)C.I. The minimum absolute atomic E-state index is 0. The van der Waals surface area contributed by atoms with Crippen LogP contribution in [0.3, 0.4) is 0 Å². The highest BCUT2D eigenvalue weighted by Crippen LogP contribution is 2.17. The molecule has 10 heteroatoms. The van der Waals surface area contributed by atoms with Crippen molar-refractivity contribution in [2.24, 2.45) is 4.99 Å². The number of guanidine groups is 1. The molecule has 0 aliphatic rings. The van der Waals surface area contributed by atoms with E-state index < -0.39 is 17.2 Å². The Hall–Kier alpha value is -2.24. The number of ether oxygens (including phenoxy) is 2. The smallest absolute Gasteiger partial charge is 0.408 e. The molecule has 9 nitrogen and oxygen atoms in total. The standard InChI is InChI=1S/C23H39N5O4.HI/c1-8-23(9-2,28-21(30)32-22(4,5)6)16-26-20(24-7)25-13-14-31-19-12-10-11-18(15-19)27-17(3)29;/h10-12,15H,8-9,13-14,16H2,1-7H3,(H,27,29)(H,28,30)(H2,24,25,26);1H. The summed E-state index contributed by atoms with van der Waals surface area (Å²) in [6.45, 7) is 12.5. The van der Waals surface area contributed by atoms with Crippen molar-refractivity contribution in [3.8, 4) is 5.75 Å². The number of anilines is 1. The minimum Gasteiger partial charge on any atom is -0.492 e. The third-order valence-electron chi connectivity index (χ3n) is 4.76. The Kier molecular flexibility index (Phi) is 13.8. The van der Waals surface area contributed by atoms with Gasteiger partial charge in [0, 0.05) is 32.3 Å². The second-order valence-electron chi connectivity index (χ2n) is 8.52. The molecule has 2 amide bonds. The van der Waals surface area contributed by atoms with Crippen LogP contribution in [0.2, 0.25) is 0 Å². The van der Waals surface area contributed by atoms with Crippen LogP contribution < -0.4 is 26.0 Å². The van der Waals surface area contributed by atoms with E-state index in [0.717, 1.165) is 12.8 Å². The van der Waals surface area contributed by atoms with E-state index in [1.807, 2.05) is 46.8 Å². The lowest BCUT2D eigenvalue weighted by molar-refractivity contribution is -0.114. The number of hydrogen-bond acceptors (Lipinski definition) is 5. The van der Waals surface area contributed by atoms with Gasteiger partial charge in [-0.15, -0.1) is 24.0 Å². The molecule has 0 saturated heterocycles. The van der Waals surface area contributed by atoms with Crippen LogP contribution in [0.1, 0.15) is 54.4 Å². The summed E-state index contributed by atoms with van der Waals surface area (Å²) in [5, 5.41) is 12.2. The number of aliphatic imine (C=N–C) groups is 1. The Morgan fingerprint density at radius 1 is 1.09 bits per heavy atom. The fourth-order valence-corrected chi connectivity index (χ4v) is 2.92. The van der Waals surface area contributed by atoms with Gasteiger partial charge in [-0.3, -0.25) is 9.79 Å². The van der Waals surface area contributed by atoms with Gasteiger partial charge in [0.15, 0.2) is 5.96 Å². The largest absolute Gasteiger partial charge is 0.492 e. The predicted molar refractivity (Wildman–Crippen MR) is 144 cm³/mol. The molecule has 0 saturated carbocycles. The lowest BCUT2D eigenvalue weighted by Gasteiger charge is -2.34. The lowest BCUT2D eigenvalue weighted by atomic mass is 9.93. The average Bonchev–Trinajstić information content (AvgIpc) is 2.70. The van der Waals surface area contributed by atoms with E-state index in [0.29, 0.717) is 37.1 Å². The summed E-state index contributed by atoms with van der Waals surface area (Å²) in [7, 11) is 1.69. The third-order valence-corrected chi connectivity index (χ3v) is 4.76. The fourth-order valence-electron chi connectivity index (χ4n) is 2.92. The maximum atomic E-state index is 12.3. The van der Waals surface area contributed by atoms with Gasteiger partial charge in [0.1, 0.15) is 18.0 Å². The van der Waals surface area contributed by atoms with Crippen molar-refractivity contribution < 1.29 is 19.1 Å². The van der Waals surface area contributed by atoms with Crippen LogP contribution in [0.15, 0.2) is 29.3 Å². The normalized spacial score (nSPS) is 11.7. The van der Waals surface area contributed by atoms with Crippen molar-refractivity contribution in [3.05, 3.63) is 24.3 Å². The van der Waals surface area contributed by atoms with Crippen molar-refractivity contribution in [3.63, 3.8) is 0 Å². The Bertz CT molecular complexity index is 776. The van der Waals surface area contributed by atoms with E-state index in [2.05, 4.69) is 26.3 Å². The van der Waals surface area contributed by atoms with E-state index in [1.165, 1.54) is 6.92 Å². The van der Waals surface area contributed by atoms with Gasteiger partial charge in [-0.05, 0) is 45.7 Å². The van der Waals surface area contributed by atoms with Crippen LogP contribution in [-0.4, -0.2) is 55.8 Å². The summed E-state index contributed by atoms with van der Waals surface area (Å²) in [6, 6.07) is 7.23. The van der Waals surface area contributed by atoms with Crippen LogP contribution in [0.5, 0.6) is 5.75 Å². The summed E-state index contributed by atoms with van der Waals surface area (Å²) in [5.41, 5.74) is -0.321. The zero-order chi connectivity index (χ0) is 24.2. The topological polar surface area (TPSA) is 113 Å². The molecule has 0 bridgehead atoms. The first-order valence-corrected chi connectivity index (χ1v) is 11.0. The number of halogens is 1. The molecular formula is C23H40IN5O4. The average molecular weight is 578 g/mol. The van der Waals surface area contributed by atoms with Crippen LogP contribution >= 0.6 is 24.0 Å². The Balaban J connectivity index is 0.0000102. The van der Waals surface area contributed by atoms with Gasteiger partial charge in [-0.2, -0.15) is 0 Å². The molecular weight excluding hydrogens is 537 g/mol. The van der Waals surface area contributed by atoms with Crippen LogP contribution in [0.25, 0.3) is 0 Å². The first-order chi connectivity index (χ1) is 15.0. The number of nitrogens with one attached hydrogen (secondary N) is 4. The molecule has 188 valence electrons. The van der Waals surface area contributed by atoms with Gasteiger partial charge in [-0.25, -0.2) is 4.79 Å². The fraction of sp³-hybridized carbons (Fsp3) is 0.609. The maximum absolute atomic E-state index is 12.3. The van der Waals surface area contributed by atoms with Crippen LogP contribution in [-0.2, 0) is 9.53 Å². The summed E-state index contributed by atoms with van der Waals surface area (Å²) in [4.78, 5) is 27.7. The van der Waals surface area contributed by atoms with Crippen molar-refractivity contribution in [2.45, 2.75) is 65.5 Å². The summed E-state index contributed by atoms with van der Waals surface area (Å²) < 4.78 is 11.2. The molecule has 0 aliphatic heterocycles. The van der Waals surface area contributed by atoms with Crippen molar-refractivity contribution >= 4 is 47.6 Å². The lowest BCUT2D eigenvalue weighted by Crippen LogP contribution is -2.57. The molecule has 0 heterocycles. The van der Waals surface area contributed by atoms with E-state index in [4.69, 9.17) is 9.47 Å². The van der Waals surface area contributed by atoms with Crippen molar-refractivity contribution in [1.29, 1.82) is 0 Å². The molecule has 0 radical (unpaired) electrons. The summed E-state index contributed by atoms with van der Waals surface area (Å²) in [5.74, 6) is 1.14. The molecule has 1 aromatic rings. The molecule has 1 rings (SSSR count). The second kappa shape index (κ2) is 14.8. The number of carbonyl (C=O) groups is 2. The second-order valence-corrected chi connectivity index (χ2v) is 8.52. The Labute approximate surface area is 214 Å². The molecule has 1 aromatic carbocycles. The Morgan fingerprint density at radius 3 is 2.30 bits per heavy atom. The molecule has 0 unspecified atom stereocenters. The quantitative estimate of drug-likeness (QED) is 0.145. The predicted octanol–water partition coefficient (Wildman–Crippen LogP) is 3.89. The van der Waals surface area contributed by atoms with E-state index in [-0.39, 0.29) is 29.9 Å². The van der Waals surface area contributed by atoms with Crippen molar-refractivity contribution in [1.82, 2.24) is 16.0 Å². The highest BCUT2D eigenvalue weighted by Gasteiger charge is 2.30. The number of carbonyl (C=O) groups excluding carboxylic acids is 2. The molecule has 33 heavy (non-hydrogen) atoms. The molecule has 0 spiro atoms. The summed E-state index contributed by atoms with van der Waals surface area (Å²) >= 11 is 0. The van der Waals surface area contributed by atoms with Gasteiger partial charge in [0.2, 0.25) is 5.91 Å². The molecule has 0 fully saturated rings. The highest BCUT2D eigenvalue weighted by atomic mass is 127. The zero-order valence-corrected chi connectivity index (χ0v) is 23.2. The molecule has 4 N–H and O–H groups in total. The number of amides is 2. The van der Waals surface area contributed by atoms with Gasteiger partial charge in [0.25, 0.3) is 0 Å². The van der Waals surface area contributed by atoms with Gasteiger partial charge < -0.3 is 30.7 Å². The molecule has 0 aromatic heterocycles. The number of benzene rings is 1. The van der Waals surface area contributed by atoms with Crippen LogP contribution in [0.4, 0.5) is 10.5 Å². The highest BCUT2D eigenvalue weighted by molar-refractivity contribution is 14.0. The molecule has 0 aliphatic carbocycles. The number of nitrogens with zero attached hydrogens (tertiary/aromatic N) is 1. The zero-order valence-electron chi connectivity index (χ0n) is 20.8. The monoisotopic (exact) mass is 577 g/mol. The van der Waals surface area contributed by atoms with Crippen LogP contribution in [0, 0.1) is 0 Å². The minimum atomic E-state index is -0.552. The van der Waals surface area contributed by atoms with Crippen molar-refractivity contribution in [2.75, 3.05) is 32.1 Å². The Morgan fingerprint density at radius 2 is 1.76 bits per heavy atom. The number of rotatable bonds is 10. The maximum Gasteiger partial charge on any atom is 0.408 e. The van der Waals surface area contributed by atoms with E-state index in [1.54, 1.807) is 19.2 Å². The van der Waals surface area contributed by atoms with Gasteiger partial charge in [0.05, 0.1) is 12.1 Å².